The fraction of sp³-hybridized carbons (Fsp3) is 0.333. The van der Waals surface area contributed by atoms with Gasteiger partial charge < -0.3 is 9.84 Å². The molecule has 1 aromatic rings. The summed E-state index contributed by atoms with van der Waals surface area (Å²) >= 11 is 1.74. The van der Waals surface area contributed by atoms with Crippen LogP contribution in [0.1, 0.15) is 11.3 Å². The van der Waals surface area contributed by atoms with Crippen molar-refractivity contribution < 1.29 is 27.8 Å². The highest BCUT2D eigenvalue weighted by molar-refractivity contribution is 14.1. The number of alkyl halides is 3. The van der Waals surface area contributed by atoms with Gasteiger partial charge in [-0.3, -0.25) is 9.78 Å². The van der Waals surface area contributed by atoms with E-state index in [1.54, 1.807) is 29.5 Å². The van der Waals surface area contributed by atoms with Gasteiger partial charge in [-0.1, -0.05) is 0 Å². The van der Waals surface area contributed by atoms with Crippen LogP contribution in [0.25, 0.3) is 0 Å². The van der Waals surface area contributed by atoms with Crippen molar-refractivity contribution in [2.75, 3.05) is 0 Å². The summed E-state index contributed by atoms with van der Waals surface area (Å²) in [5, 5.41) is 8.64. The van der Waals surface area contributed by atoms with Crippen molar-refractivity contribution in [1.82, 2.24) is 4.98 Å². The summed E-state index contributed by atoms with van der Waals surface area (Å²) in [6, 6.07) is 0. The molecule has 17 heavy (non-hydrogen) atoms. The molecule has 0 aromatic carbocycles. The molecule has 0 aliphatic carbocycles. The van der Waals surface area contributed by atoms with E-state index in [0.717, 1.165) is 6.20 Å². The Morgan fingerprint density at radius 1 is 1.59 bits per heavy atom. The van der Waals surface area contributed by atoms with Crippen LogP contribution in [0.5, 0.6) is 5.75 Å². The maximum atomic E-state index is 12.1. The van der Waals surface area contributed by atoms with Gasteiger partial charge in [-0.15, -0.1) is 13.2 Å². The van der Waals surface area contributed by atoms with Crippen molar-refractivity contribution in [3.05, 3.63) is 21.0 Å². The van der Waals surface area contributed by atoms with Crippen molar-refractivity contribution in [2.24, 2.45) is 0 Å². The van der Waals surface area contributed by atoms with Gasteiger partial charge in [0.25, 0.3) is 0 Å². The SMILES string of the molecule is Cc1ncc(OC(F)(F)F)c(CC(=O)O)c1I. The van der Waals surface area contributed by atoms with Crippen molar-refractivity contribution in [2.45, 2.75) is 19.7 Å². The summed E-state index contributed by atoms with van der Waals surface area (Å²) < 4.78 is 40.4. The number of hydrogen-bond acceptors (Lipinski definition) is 3. The molecule has 1 rings (SSSR count). The third-order valence-electron chi connectivity index (χ3n) is 1.81. The Hall–Kier alpha value is -1.06. The van der Waals surface area contributed by atoms with Gasteiger partial charge in [0, 0.05) is 9.13 Å². The molecule has 0 unspecified atom stereocenters. The minimum atomic E-state index is -4.87. The summed E-state index contributed by atoms with van der Waals surface area (Å²) in [6.07, 6.45) is -4.54. The number of aryl methyl sites for hydroxylation is 1. The maximum Gasteiger partial charge on any atom is 0.573 e. The number of pyridine rings is 1. The third kappa shape index (κ3) is 4.02. The predicted molar refractivity (Wildman–Crippen MR) is 59.7 cm³/mol. The molecular formula is C9H7F3INO3. The van der Waals surface area contributed by atoms with E-state index in [1.165, 1.54) is 0 Å². The molecule has 0 bridgehead atoms. The summed E-state index contributed by atoms with van der Waals surface area (Å²) in [5.74, 6) is -1.81. The van der Waals surface area contributed by atoms with Crippen LogP contribution in [0.3, 0.4) is 0 Å². The molecule has 0 amide bonds. The van der Waals surface area contributed by atoms with E-state index in [9.17, 15) is 18.0 Å². The molecule has 0 radical (unpaired) electrons. The highest BCUT2D eigenvalue weighted by Crippen LogP contribution is 2.30. The second kappa shape index (κ2) is 5.07. The van der Waals surface area contributed by atoms with E-state index < -0.39 is 24.5 Å². The number of carboxylic acids is 1. The number of aromatic nitrogens is 1. The molecule has 0 fully saturated rings. The highest BCUT2D eigenvalue weighted by Gasteiger charge is 2.33. The lowest BCUT2D eigenvalue weighted by atomic mass is 10.1. The fourth-order valence-electron chi connectivity index (χ4n) is 1.15. The van der Waals surface area contributed by atoms with E-state index in [1.807, 2.05) is 0 Å². The first kappa shape index (κ1) is 14.0. The molecule has 0 aliphatic rings. The van der Waals surface area contributed by atoms with Crippen molar-refractivity contribution >= 4 is 28.6 Å². The topological polar surface area (TPSA) is 59.4 Å². The Labute approximate surface area is 108 Å². The van der Waals surface area contributed by atoms with E-state index in [2.05, 4.69) is 9.72 Å². The van der Waals surface area contributed by atoms with Gasteiger partial charge in [-0.05, 0) is 29.5 Å². The zero-order valence-corrected chi connectivity index (χ0v) is 10.7. The van der Waals surface area contributed by atoms with Gasteiger partial charge >= 0.3 is 12.3 Å². The van der Waals surface area contributed by atoms with Crippen LogP contribution in [0.15, 0.2) is 6.20 Å². The van der Waals surface area contributed by atoms with Crippen LogP contribution in [0.4, 0.5) is 13.2 Å². The molecule has 0 spiro atoms. The number of halogens is 4. The molecule has 0 saturated heterocycles. The van der Waals surface area contributed by atoms with Crippen LogP contribution < -0.4 is 4.74 Å². The smallest absolute Gasteiger partial charge is 0.481 e. The van der Waals surface area contributed by atoms with Crippen LogP contribution in [-0.2, 0) is 11.2 Å². The van der Waals surface area contributed by atoms with E-state index in [-0.39, 0.29) is 5.56 Å². The number of nitrogens with zero attached hydrogens (tertiary/aromatic N) is 1. The standard InChI is InChI=1S/C9H7F3INO3/c1-4-8(13)5(2-7(15)16)6(3-14-4)17-9(10,11)12/h3H,2H2,1H3,(H,15,16). The number of hydrogen-bond donors (Lipinski definition) is 1. The average molecular weight is 361 g/mol. The fourth-order valence-corrected chi connectivity index (χ4v) is 1.74. The number of aliphatic carboxylic acids is 1. The summed E-state index contributed by atoms with van der Waals surface area (Å²) in [7, 11) is 0. The molecular weight excluding hydrogens is 354 g/mol. The first-order valence-electron chi connectivity index (χ1n) is 4.32. The largest absolute Gasteiger partial charge is 0.573 e. The monoisotopic (exact) mass is 361 g/mol. The van der Waals surface area contributed by atoms with Gasteiger partial charge in [0.05, 0.1) is 18.3 Å². The lowest BCUT2D eigenvalue weighted by Crippen LogP contribution is -2.19. The van der Waals surface area contributed by atoms with Gasteiger partial charge in [0.2, 0.25) is 0 Å². The Balaban J connectivity index is 3.20. The van der Waals surface area contributed by atoms with Crippen molar-refractivity contribution in [3.63, 3.8) is 0 Å². The molecule has 0 saturated carbocycles. The van der Waals surface area contributed by atoms with Crippen molar-refractivity contribution in [1.29, 1.82) is 0 Å². The Morgan fingerprint density at radius 3 is 2.65 bits per heavy atom. The Morgan fingerprint density at radius 2 is 2.18 bits per heavy atom. The maximum absolute atomic E-state index is 12.1. The second-order valence-corrected chi connectivity index (χ2v) is 4.20. The minimum Gasteiger partial charge on any atom is -0.481 e. The van der Waals surface area contributed by atoms with Gasteiger partial charge in [0.1, 0.15) is 0 Å². The zero-order chi connectivity index (χ0) is 13.2. The second-order valence-electron chi connectivity index (χ2n) is 3.12. The van der Waals surface area contributed by atoms with Gasteiger partial charge in [0.15, 0.2) is 5.75 Å². The molecule has 1 N–H and O–H groups in total. The molecule has 1 heterocycles. The number of ether oxygens (including phenoxy) is 1. The van der Waals surface area contributed by atoms with Crippen molar-refractivity contribution in [3.8, 4) is 5.75 Å². The lowest BCUT2D eigenvalue weighted by Gasteiger charge is -2.14. The Kier molecular flexibility index (Phi) is 4.17. The number of carbonyl (C=O) groups is 1. The summed E-state index contributed by atoms with van der Waals surface area (Å²) in [5.41, 5.74) is 0.430. The first-order chi connectivity index (χ1) is 7.70. The molecule has 0 aliphatic heterocycles. The summed E-state index contributed by atoms with van der Waals surface area (Å²) in [4.78, 5) is 14.3. The number of carboxylic acid groups (broad SMARTS) is 1. The minimum absolute atomic E-state index is 0.0251. The van der Waals surface area contributed by atoms with E-state index in [4.69, 9.17) is 5.11 Å². The van der Waals surface area contributed by atoms with Crippen LogP contribution in [0, 0.1) is 10.5 Å². The van der Waals surface area contributed by atoms with Gasteiger partial charge in [-0.2, -0.15) is 0 Å². The Bertz CT molecular complexity index is 448. The molecule has 1 aromatic heterocycles. The van der Waals surface area contributed by atoms with Crippen LogP contribution in [-0.4, -0.2) is 22.4 Å². The number of rotatable bonds is 3. The van der Waals surface area contributed by atoms with Crippen LogP contribution >= 0.6 is 22.6 Å². The lowest BCUT2D eigenvalue weighted by molar-refractivity contribution is -0.275. The van der Waals surface area contributed by atoms with E-state index >= 15 is 0 Å². The van der Waals surface area contributed by atoms with Gasteiger partial charge in [-0.25, -0.2) is 0 Å². The zero-order valence-electron chi connectivity index (χ0n) is 8.51. The summed E-state index contributed by atoms with van der Waals surface area (Å²) in [6.45, 7) is 1.57. The van der Waals surface area contributed by atoms with Crippen LogP contribution in [0.2, 0.25) is 0 Å². The average Bonchev–Trinajstić information content (AvgIpc) is 2.15. The van der Waals surface area contributed by atoms with E-state index in [0.29, 0.717) is 9.26 Å². The normalized spacial score (nSPS) is 11.4. The molecule has 4 nitrogen and oxygen atoms in total. The highest BCUT2D eigenvalue weighted by atomic mass is 127. The first-order valence-corrected chi connectivity index (χ1v) is 5.40. The quantitative estimate of drug-likeness (QED) is 0.841. The molecule has 94 valence electrons. The molecule has 0 atom stereocenters. The predicted octanol–water partition coefficient (Wildman–Crippen LogP) is 2.52. The third-order valence-corrected chi connectivity index (χ3v) is 3.24. The molecule has 8 heteroatoms.